The molecule has 160 valence electrons. The number of piperazine rings is 1. The average molecular weight is 408 g/mol. The van der Waals surface area contributed by atoms with Crippen LogP contribution in [-0.4, -0.2) is 54.5 Å². The Labute approximate surface area is 179 Å². The van der Waals surface area contributed by atoms with Crippen molar-refractivity contribution >= 4 is 11.6 Å². The van der Waals surface area contributed by atoms with Gasteiger partial charge in [-0.3, -0.25) is 9.69 Å². The summed E-state index contributed by atoms with van der Waals surface area (Å²) in [6.07, 6.45) is 3.63. The van der Waals surface area contributed by atoms with Gasteiger partial charge in [-0.25, -0.2) is 0 Å². The molecule has 1 aromatic heterocycles. The number of rotatable bonds is 7. The first kappa shape index (κ1) is 19.7. The van der Waals surface area contributed by atoms with Gasteiger partial charge in [0.15, 0.2) is 0 Å². The number of anilines is 1. The van der Waals surface area contributed by atoms with Crippen molar-refractivity contribution in [1.82, 2.24) is 9.80 Å². The molecule has 3 aliphatic rings. The Kier molecular flexibility index (Phi) is 5.32. The predicted molar refractivity (Wildman–Crippen MR) is 119 cm³/mol. The van der Waals surface area contributed by atoms with E-state index in [1.165, 1.54) is 30.5 Å². The molecular formula is C25H33N3O2. The lowest BCUT2D eigenvalue weighted by molar-refractivity contribution is -0.133. The van der Waals surface area contributed by atoms with Crippen LogP contribution in [0.2, 0.25) is 0 Å². The van der Waals surface area contributed by atoms with E-state index in [0.29, 0.717) is 18.5 Å². The predicted octanol–water partition coefficient (Wildman–Crippen LogP) is 4.02. The molecule has 1 amide bonds. The van der Waals surface area contributed by atoms with Crippen LogP contribution < -0.4 is 4.90 Å². The first-order chi connectivity index (χ1) is 14.6. The van der Waals surface area contributed by atoms with E-state index in [1.807, 2.05) is 4.90 Å². The SMILES string of the molecule is Cc1cccc(N2CCN(C(=O)CN(Cc3ccc(C4CC4C)o3)C3CC3)CC2)c1. The molecule has 2 saturated carbocycles. The molecule has 3 fully saturated rings. The Morgan fingerprint density at radius 3 is 2.57 bits per heavy atom. The molecule has 0 radical (unpaired) electrons. The third kappa shape index (κ3) is 4.41. The molecule has 5 heteroatoms. The lowest BCUT2D eigenvalue weighted by Crippen LogP contribution is -2.51. The maximum absolute atomic E-state index is 13.0. The minimum atomic E-state index is 0.258. The van der Waals surface area contributed by atoms with Gasteiger partial charge in [0.25, 0.3) is 0 Å². The third-order valence-electron chi connectivity index (χ3n) is 6.92. The van der Waals surface area contributed by atoms with Crippen LogP contribution in [0.5, 0.6) is 0 Å². The van der Waals surface area contributed by atoms with E-state index in [0.717, 1.165) is 50.2 Å². The van der Waals surface area contributed by atoms with E-state index in [2.05, 4.69) is 60.0 Å². The summed E-state index contributed by atoms with van der Waals surface area (Å²) in [5, 5.41) is 0. The molecule has 30 heavy (non-hydrogen) atoms. The molecule has 2 heterocycles. The Bertz CT molecular complexity index is 895. The highest BCUT2D eigenvalue weighted by molar-refractivity contribution is 5.78. The lowest BCUT2D eigenvalue weighted by atomic mass is 10.2. The van der Waals surface area contributed by atoms with Gasteiger partial charge in [-0.15, -0.1) is 0 Å². The molecule has 0 N–H and O–H groups in total. The van der Waals surface area contributed by atoms with Gasteiger partial charge in [-0.2, -0.15) is 0 Å². The maximum Gasteiger partial charge on any atom is 0.236 e. The Hall–Kier alpha value is -2.27. The van der Waals surface area contributed by atoms with Crippen LogP contribution in [0, 0.1) is 12.8 Å². The second kappa shape index (κ2) is 8.10. The van der Waals surface area contributed by atoms with E-state index in [9.17, 15) is 4.79 Å². The molecule has 1 saturated heterocycles. The lowest BCUT2D eigenvalue weighted by Gasteiger charge is -2.37. The highest BCUT2D eigenvalue weighted by atomic mass is 16.3. The summed E-state index contributed by atoms with van der Waals surface area (Å²) in [5.41, 5.74) is 2.55. The van der Waals surface area contributed by atoms with Gasteiger partial charge in [-0.05, 0) is 61.9 Å². The largest absolute Gasteiger partial charge is 0.464 e. The number of aryl methyl sites for hydroxylation is 1. The first-order valence-corrected chi connectivity index (χ1v) is 11.5. The van der Waals surface area contributed by atoms with E-state index in [-0.39, 0.29) is 5.91 Å². The molecule has 5 nitrogen and oxygen atoms in total. The molecular weight excluding hydrogens is 374 g/mol. The maximum atomic E-state index is 13.0. The Morgan fingerprint density at radius 1 is 1.13 bits per heavy atom. The molecule has 2 unspecified atom stereocenters. The highest BCUT2D eigenvalue weighted by Gasteiger charge is 2.37. The molecule has 2 aliphatic carbocycles. The Morgan fingerprint density at radius 2 is 1.90 bits per heavy atom. The zero-order valence-electron chi connectivity index (χ0n) is 18.2. The summed E-state index contributed by atoms with van der Waals surface area (Å²) in [6.45, 7) is 9.07. The Balaban J connectivity index is 1.15. The second-order valence-electron chi connectivity index (χ2n) is 9.47. The smallest absolute Gasteiger partial charge is 0.236 e. The fourth-order valence-electron chi connectivity index (χ4n) is 4.66. The third-order valence-corrected chi connectivity index (χ3v) is 6.92. The van der Waals surface area contributed by atoms with Crippen molar-refractivity contribution in [2.24, 2.45) is 5.92 Å². The van der Waals surface area contributed by atoms with Crippen LogP contribution in [-0.2, 0) is 11.3 Å². The number of carbonyl (C=O) groups is 1. The van der Waals surface area contributed by atoms with Crippen molar-refractivity contribution in [3.8, 4) is 0 Å². The number of amides is 1. The monoisotopic (exact) mass is 407 g/mol. The van der Waals surface area contributed by atoms with Crippen molar-refractivity contribution < 1.29 is 9.21 Å². The summed E-state index contributed by atoms with van der Waals surface area (Å²) >= 11 is 0. The van der Waals surface area contributed by atoms with Crippen LogP contribution in [0.4, 0.5) is 5.69 Å². The van der Waals surface area contributed by atoms with Crippen molar-refractivity contribution in [2.75, 3.05) is 37.6 Å². The van der Waals surface area contributed by atoms with Crippen molar-refractivity contribution in [1.29, 1.82) is 0 Å². The molecule has 0 spiro atoms. The second-order valence-corrected chi connectivity index (χ2v) is 9.47. The normalized spacial score (nSPS) is 23.8. The molecule has 0 bridgehead atoms. The zero-order chi connectivity index (χ0) is 20.7. The molecule has 5 rings (SSSR count). The summed E-state index contributed by atoms with van der Waals surface area (Å²) in [5.74, 6) is 3.76. The van der Waals surface area contributed by atoms with E-state index >= 15 is 0 Å². The standard InChI is InChI=1S/C25H33N3O2/c1-18-4-3-5-21(14-18)26-10-12-27(13-11-26)25(29)17-28(20-6-7-20)16-22-8-9-24(30-22)23-15-19(23)2/h3-5,8-9,14,19-20,23H,6-7,10-13,15-17H2,1-2H3. The highest BCUT2D eigenvalue weighted by Crippen LogP contribution is 2.47. The molecule has 2 atom stereocenters. The molecule has 1 aromatic carbocycles. The van der Waals surface area contributed by atoms with Crippen LogP contribution in [0.1, 0.15) is 49.2 Å². The van der Waals surface area contributed by atoms with Gasteiger partial charge in [-0.1, -0.05) is 19.1 Å². The van der Waals surface area contributed by atoms with Crippen molar-refractivity contribution in [3.05, 3.63) is 53.5 Å². The van der Waals surface area contributed by atoms with Crippen LogP contribution in [0.3, 0.4) is 0 Å². The van der Waals surface area contributed by atoms with Crippen LogP contribution in [0.25, 0.3) is 0 Å². The number of hydrogen-bond acceptors (Lipinski definition) is 4. The number of hydrogen-bond donors (Lipinski definition) is 0. The van der Waals surface area contributed by atoms with Gasteiger partial charge < -0.3 is 14.2 Å². The minimum Gasteiger partial charge on any atom is -0.464 e. The number of benzene rings is 1. The van der Waals surface area contributed by atoms with Gasteiger partial charge in [0.2, 0.25) is 5.91 Å². The minimum absolute atomic E-state index is 0.258. The molecule has 1 aliphatic heterocycles. The van der Waals surface area contributed by atoms with E-state index in [1.54, 1.807) is 0 Å². The summed E-state index contributed by atoms with van der Waals surface area (Å²) < 4.78 is 6.11. The molecule has 2 aromatic rings. The zero-order valence-corrected chi connectivity index (χ0v) is 18.2. The van der Waals surface area contributed by atoms with Gasteiger partial charge in [0, 0.05) is 43.8 Å². The van der Waals surface area contributed by atoms with Gasteiger partial charge in [0.05, 0.1) is 13.1 Å². The fourth-order valence-corrected chi connectivity index (χ4v) is 4.66. The van der Waals surface area contributed by atoms with Crippen LogP contribution >= 0.6 is 0 Å². The first-order valence-electron chi connectivity index (χ1n) is 11.5. The van der Waals surface area contributed by atoms with Gasteiger partial charge in [0.1, 0.15) is 11.5 Å². The topological polar surface area (TPSA) is 39.9 Å². The van der Waals surface area contributed by atoms with Crippen LogP contribution in [0.15, 0.2) is 40.8 Å². The number of furan rings is 1. The van der Waals surface area contributed by atoms with E-state index in [4.69, 9.17) is 4.42 Å². The van der Waals surface area contributed by atoms with Gasteiger partial charge >= 0.3 is 0 Å². The summed E-state index contributed by atoms with van der Waals surface area (Å²) in [4.78, 5) is 19.8. The average Bonchev–Trinajstić information content (AvgIpc) is 3.67. The number of carbonyl (C=O) groups excluding carboxylic acids is 1. The van der Waals surface area contributed by atoms with E-state index < -0.39 is 0 Å². The summed E-state index contributed by atoms with van der Waals surface area (Å²) in [6, 6.07) is 13.4. The summed E-state index contributed by atoms with van der Waals surface area (Å²) in [7, 11) is 0. The fraction of sp³-hybridized carbons (Fsp3) is 0.560. The number of nitrogens with zero attached hydrogens (tertiary/aromatic N) is 3. The van der Waals surface area contributed by atoms with Crippen molar-refractivity contribution in [3.63, 3.8) is 0 Å². The van der Waals surface area contributed by atoms with Crippen molar-refractivity contribution in [2.45, 2.75) is 51.6 Å². The quantitative estimate of drug-likeness (QED) is 0.695.